The van der Waals surface area contributed by atoms with Crippen LogP contribution < -0.4 is 11.3 Å². The molecule has 6 heteroatoms. The zero-order chi connectivity index (χ0) is 13.1. The Bertz CT molecular complexity index is 453. The van der Waals surface area contributed by atoms with Gasteiger partial charge in [-0.1, -0.05) is 0 Å². The van der Waals surface area contributed by atoms with Crippen LogP contribution in [0.25, 0.3) is 0 Å². The highest BCUT2D eigenvalue weighted by molar-refractivity contribution is 5.31. The highest BCUT2D eigenvalue weighted by Gasteiger charge is 2.25. The van der Waals surface area contributed by atoms with E-state index in [1.807, 2.05) is 0 Å². The molecule has 0 aliphatic carbocycles. The van der Waals surface area contributed by atoms with E-state index in [2.05, 4.69) is 5.43 Å². The fraction of sp³-hybridized carbons (Fsp3) is 0.333. The molecule has 1 atom stereocenters. The molecule has 0 saturated heterocycles. The van der Waals surface area contributed by atoms with Crippen LogP contribution in [-0.4, -0.2) is 6.61 Å². The van der Waals surface area contributed by atoms with E-state index >= 15 is 0 Å². The third-order valence-corrected chi connectivity index (χ3v) is 2.83. The molecule has 1 heterocycles. The zero-order valence-electron chi connectivity index (χ0n) is 9.55. The Morgan fingerprint density at radius 2 is 1.89 bits per heavy atom. The topological polar surface area (TPSA) is 47.3 Å². The van der Waals surface area contributed by atoms with Gasteiger partial charge in [-0.3, -0.25) is 5.84 Å². The van der Waals surface area contributed by atoms with Crippen molar-refractivity contribution in [2.24, 2.45) is 5.84 Å². The number of hydrogen-bond donors (Lipinski definition) is 2. The number of nitrogens with one attached hydrogen (secondary N) is 1. The van der Waals surface area contributed by atoms with Crippen LogP contribution in [-0.2, 0) is 4.74 Å². The monoisotopic (exact) mass is 258 g/mol. The molecule has 0 radical (unpaired) electrons. The minimum Gasteiger partial charge on any atom is -0.501 e. The highest BCUT2D eigenvalue weighted by atomic mass is 19.1. The number of benzene rings is 1. The maximum absolute atomic E-state index is 13.7. The average molecular weight is 258 g/mol. The molecule has 1 unspecified atom stereocenters. The second-order valence-electron chi connectivity index (χ2n) is 4.05. The largest absolute Gasteiger partial charge is 0.501 e. The van der Waals surface area contributed by atoms with Gasteiger partial charge in [-0.05, 0) is 18.4 Å². The lowest BCUT2D eigenvalue weighted by atomic mass is 9.95. The van der Waals surface area contributed by atoms with Crippen molar-refractivity contribution in [2.45, 2.75) is 18.9 Å². The summed E-state index contributed by atoms with van der Waals surface area (Å²) in [5.41, 5.74) is 2.68. The van der Waals surface area contributed by atoms with E-state index in [-0.39, 0.29) is 5.56 Å². The summed E-state index contributed by atoms with van der Waals surface area (Å²) in [6.45, 7) is 0.565. The molecule has 0 spiro atoms. The van der Waals surface area contributed by atoms with Gasteiger partial charge in [-0.25, -0.2) is 18.6 Å². The van der Waals surface area contributed by atoms with Crippen LogP contribution in [0.15, 0.2) is 24.0 Å². The number of rotatable bonds is 3. The fourth-order valence-electron chi connectivity index (χ4n) is 2.00. The van der Waals surface area contributed by atoms with Crippen molar-refractivity contribution in [1.29, 1.82) is 0 Å². The Hall–Kier alpha value is -1.53. The molecule has 18 heavy (non-hydrogen) atoms. The van der Waals surface area contributed by atoms with E-state index in [4.69, 9.17) is 10.6 Å². The van der Waals surface area contributed by atoms with Gasteiger partial charge in [0.05, 0.1) is 18.9 Å². The van der Waals surface area contributed by atoms with Gasteiger partial charge in [0.25, 0.3) is 0 Å². The molecule has 0 saturated carbocycles. The maximum atomic E-state index is 13.7. The van der Waals surface area contributed by atoms with Crippen molar-refractivity contribution in [3.05, 3.63) is 47.0 Å². The molecular formula is C12H13F3N2O. The van der Waals surface area contributed by atoms with Crippen molar-refractivity contribution in [2.75, 3.05) is 6.61 Å². The third-order valence-electron chi connectivity index (χ3n) is 2.83. The lowest BCUT2D eigenvalue weighted by Gasteiger charge is -2.23. The van der Waals surface area contributed by atoms with Gasteiger partial charge in [-0.2, -0.15) is 0 Å². The van der Waals surface area contributed by atoms with Crippen LogP contribution in [0, 0.1) is 17.5 Å². The summed E-state index contributed by atoms with van der Waals surface area (Å²) in [6, 6.07) is 0.408. The zero-order valence-corrected chi connectivity index (χ0v) is 9.55. The summed E-state index contributed by atoms with van der Waals surface area (Å²) < 4.78 is 45.3. The minimum absolute atomic E-state index is 0.296. The first-order chi connectivity index (χ1) is 8.63. The van der Waals surface area contributed by atoms with Crippen LogP contribution in [0.4, 0.5) is 13.2 Å². The van der Waals surface area contributed by atoms with E-state index < -0.39 is 23.5 Å². The van der Waals surface area contributed by atoms with Gasteiger partial charge < -0.3 is 4.74 Å². The number of hydrogen-bond acceptors (Lipinski definition) is 3. The smallest absolute Gasteiger partial charge is 0.134 e. The average Bonchev–Trinajstić information content (AvgIpc) is 2.34. The molecule has 3 nitrogen and oxygen atoms in total. The molecule has 1 aromatic carbocycles. The minimum atomic E-state index is -0.970. The molecule has 0 fully saturated rings. The van der Waals surface area contributed by atoms with Crippen LogP contribution >= 0.6 is 0 Å². The SMILES string of the molecule is NNC(C1=COCCC1)c1c(F)cc(F)cc1F. The van der Waals surface area contributed by atoms with E-state index in [9.17, 15) is 13.2 Å². The quantitative estimate of drug-likeness (QED) is 0.646. The molecule has 98 valence electrons. The molecule has 0 amide bonds. The predicted octanol–water partition coefficient (Wildman–Crippen LogP) is 2.30. The molecule has 3 N–H and O–H groups in total. The van der Waals surface area contributed by atoms with Gasteiger partial charge >= 0.3 is 0 Å². The number of halogens is 3. The second-order valence-corrected chi connectivity index (χ2v) is 4.05. The normalized spacial score (nSPS) is 17.0. The molecule has 0 bridgehead atoms. The van der Waals surface area contributed by atoms with Crippen molar-refractivity contribution in [3.63, 3.8) is 0 Å². The standard InChI is InChI=1S/C12H13F3N2O/c13-8-4-9(14)11(10(15)5-8)12(17-16)7-2-1-3-18-6-7/h4-6,12,17H,1-3,16H2. The lowest BCUT2D eigenvalue weighted by Crippen LogP contribution is -2.32. The predicted molar refractivity (Wildman–Crippen MR) is 59.6 cm³/mol. The maximum Gasteiger partial charge on any atom is 0.134 e. The van der Waals surface area contributed by atoms with Gasteiger partial charge in [0, 0.05) is 17.7 Å². The van der Waals surface area contributed by atoms with E-state index in [1.165, 1.54) is 6.26 Å². The molecule has 0 aromatic heterocycles. The van der Waals surface area contributed by atoms with E-state index in [1.54, 1.807) is 0 Å². The summed E-state index contributed by atoms with van der Waals surface area (Å²) in [5, 5.41) is 0. The van der Waals surface area contributed by atoms with Gasteiger partial charge in [0.2, 0.25) is 0 Å². The third kappa shape index (κ3) is 2.49. The Morgan fingerprint density at radius 1 is 1.22 bits per heavy atom. The summed E-state index contributed by atoms with van der Waals surface area (Å²) in [4.78, 5) is 0. The summed E-state index contributed by atoms with van der Waals surface area (Å²) >= 11 is 0. The van der Waals surface area contributed by atoms with Crippen LogP contribution in [0.3, 0.4) is 0 Å². The summed E-state index contributed by atoms with van der Waals surface area (Å²) in [6.07, 6.45) is 2.80. The first-order valence-electron chi connectivity index (χ1n) is 5.54. The van der Waals surface area contributed by atoms with Gasteiger partial charge in [-0.15, -0.1) is 0 Å². The summed E-state index contributed by atoms with van der Waals surface area (Å²) in [7, 11) is 0. The van der Waals surface area contributed by atoms with Crippen molar-refractivity contribution < 1.29 is 17.9 Å². The molecular weight excluding hydrogens is 245 g/mol. The molecule has 1 aromatic rings. The van der Waals surface area contributed by atoms with Crippen LogP contribution in [0.2, 0.25) is 0 Å². The van der Waals surface area contributed by atoms with Gasteiger partial charge in [0.1, 0.15) is 17.5 Å². The molecule has 2 rings (SSSR count). The van der Waals surface area contributed by atoms with Crippen molar-refractivity contribution in [1.82, 2.24) is 5.43 Å². The first kappa shape index (κ1) is 12.9. The molecule has 1 aliphatic rings. The van der Waals surface area contributed by atoms with Crippen molar-refractivity contribution >= 4 is 0 Å². The second kappa shape index (κ2) is 5.41. The Kier molecular flexibility index (Phi) is 3.88. The van der Waals surface area contributed by atoms with Crippen molar-refractivity contribution in [3.8, 4) is 0 Å². The van der Waals surface area contributed by atoms with Crippen LogP contribution in [0.1, 0.15) is 24.4 Å². The Labute approximate surface area is 102 Å². The number of ether oxygens (including phenoxy) is 1. The first-order valence-corrected chi connectivity index (χ1v) is 5.54. The Morgan fingerprint density at radius 3 is 2.39 bits per heavy atom. The Balaban J connectivity index is 2.41. The van der Waals surface area contributed by atoms with Crippen LogP contribution in [0.5, 0.6) is 0 Å². The summed E-state index contributed by atoms with van der Waals surface area (Å²) in [5.74, 6) is 2.44. The number of nitrogens with two attached hydrogens (primary N) is 1. The van der Waals surface area contributed by atoms with E-state index in [0.717, 1.165) is 6.42 Å². The van der Waals surface area contributed by atoms with Gasteiger partial charge in [0.15, 0.2) is 0 Å². The highest BCUT2D eigenvalue weighted by Crippen LogP contribution is 2.30. The van der Waals surface area contributed by atoms with E-state index in [0.29, 0.717) is 30.7 Å². The lowest BCUT2D eigenvalue weighted by molar-refractivity contribution is 0.219. The number of hydrazine groups is 1. The molecule has 1 aliphatic heterocycles. The fourth-order valence-corrected chi connectivity index (χ4v) is 2.00.